The Kier molecular flexibility index (Phi) is 6.71. The average molecular weight is 415 g/mol. The van der Waals surface area contributed by atoms with Crippen LogP contribution >= 0.6 is 0 Å². The van der Waals surface area contributed by atoms with Gasteiger partial charge in [-0.1, -0.05) is 31.9 Å². The molecule has 5 heteroatoms. The number of aryl methyl sites for hydroxylation is 1. The van der Waals surface area contributed by atoms with Gasteiger partial charge in [0.25, 0.3) is 0 Å². The molecular formula is C25H34O5. The molecule has 1 aromatic rings. The Morgan fingerprint density at radius 1 is 1.13 bits per heavy atom. The van der Waals surface area contributed by atoms with Crippen molar-refractivity contribution in [1.29, 1.82) is 0 Å². The summed E-state index contributed by atoms with van der Waals surface area (Å²) in [5, 5.41) is 0. The van der Waals surface area contributed by atoms with Crippen LogP contribution in [0.5, 0.6) is 11.5 Å². The van der Waals surface area contributed by atoms with Crippen molar-refractivity contribution in [2.75, 3.05) is 0 Å². The van der Waals surface area contributed by atoms with Gasteiger partial charge in [0.2, 0.25) is 0 Å². The predicted molar refractivity (Wildman–Crippen MR) is 116 cm³/mol. The molecule has 1 saturated carbocycles. The summed E-state index contributed by atoms with van der Waals surface area (Å²) in [5.41, 5.74) is 2.63. The maximum absolute atomic E-state index is 11.9. The molecule has 30 heavy (non-hydrogen) atoms. The van der Waals surface area contributed by atoms with Gasteiger partial charge in [-0.15, -0.1) is 0 Å². The summed E-state index contributed by atoms with van der Waals surface area (Å²) in [4.78, 5) is 23.9. The van der Waals surface area contributed by atoms with Crippen LogP contribution in [0.2, 0.25) is 0 Å². The Morgan fingerprint density at radius 3 is 2.23 bits per heavy atom. The van der Waals surface area contributed by atoms with Gasteiger partial charge in [-0.05, 0) is 63.1 Å². The molecule has 2 fully saturated rings. The summed E-state index contributed by atoms with van der Waals surface area (Å²) in [7, 11) is 0. The Bertz CT molecular complexity index is 805. The summed E-state index contributed by atoms with van der Waals surface area (Å²) < 4.78 is 17.5. The lowest BCUT2D eigenvalue weighted by Crippen LogP contribution is -2.31. The van der Waals surface area contributed by atoms with E-state index in [0.717, 1.165) is 55.2 Å². The first-order valence-corrected chi connectivity index (χ1v) is 11.0. The number of hydrogen-bond donors (Lipinski definition) is 0. The molecule has 1 saturated heterocycles. The Balaban J connectivity index is 2.12. The standard InChI is InChI=1S/C25H34O5/c1-7-8-9-10-18-13-20(28-16(4)26)23(21(14-18)29-17(5)27)22-19(15(2)3)11-12-25(6)24(22)30-25/h13-14,19,22,24H,2,7-12H2,1,3-6H3/t19-,22+,24+,25-/m1/s1. The highest BCUT2D eigenvalue weighted by Gasteiger charge is 2.62. The van der Waals surface area contributed by atoms with E-state index in [0.29, 0.717) is 11.5 Å². The smallest absolute Gasteiger partial charge is 0.308 e. The molecule has 0 N–H and O–H groups in total. The van der Waals surface area contributed by atoms with Gasteiger partial charge in [0.05, 0.1) is 11.7 Å². The van der Waals surface area contributed by atoms with Crippen LogP contribution in [0.4, 0.5) is 0 Å². The van der Waals surface area contributed by atoms with Crippen molar-refractivity contribution in [1.82, 2.24) is 0 Å². The molecule has 0 unspecified atom stereocenters. The second-order valence-electron chi connectivity index (χ2n) is 9.02. The molecule has 0 aromatic heterocycles. The average Bonchev–Trinajstić information content (AvgIpc) is 3.32. The van der Waals surface area contributed by atoms with Crippen LogP contribution < -0.4 is 9.47 Å². The number of esters is 2. The normalized spacial score (nSPS) is 27.2. The molecule has 1 aliphatic carbocycles. The number of carbonyl (C=O) groups excluding carboxylic acids is 2. The van der Waals surface area contributed by atoms with E-state index in [1.54, 1.807) is 0 Å². The van der Waals surface area contributed by atoms with Crippen molar-refractivity contribution >= 4 is 11.9 Å². The summed E-state index contributed by atoms with van der Waals surface area (Å²) in [6, 6.07) is 3.87. The molecule has 0 radical (unpaired) electrons. The first-order chi connectivity index (χ1) is 14.2. The van der Waals surface area contributed by atoms with Crippen molar-refractivity contribution < 1.29 is 23.8 Å². The van der Waals surface area contributed by atoms with Gasteiger partial charge in [0, 0.05) is 25.3 Å². The quantitative estimate of drug-likeness (QED) is 0.185. The zero-order chi connectivity index (χ0) is 22.1. The van der Waals surface area contributed by atoms with E-state index in [1.165, 1.54) is 13.8 Å². The number of rotatable bonds is 8. The van der Waals surface area contributed by atoms with Crippen molar-refractivity contribution in [2.24, 2.45) is 5.92 Å². The molecule has 164 valence electrons. The lowest BCUT2D eigenvalue weighted by Gasteiger charge is -2.34. The van der Waals surface area contributed by atoms with Gasteiger partial charge >= 0.3 is 11.9 Å². The summed E-state index contributed by atoms with van der Waals surface area (Å²) >= 11 is 0. The minimum atomic E-state index is -0.391. The zero-order valence-corrected chi connectivity index (χ0v) is 18.9. The molecule has 1 heterocycles. The first kappa shape index (κ1) is 22.5. The van der Waals surface area contributed by atoms with Crippen LogP contribution in [-0.4, -0.2) is 23.6 Å². The third-order valence-electron chi connectivity index (χ3n) is 6.36. The number of epoxide rings is 1. The molecule has 2 aliphatic rings. The summed E-state index contributed by atoms with van der Waals surface area (Å²) in [6.45, 7) is 13.3. The van der Waals surface area contributed by atoms with Crippen LogP contribution in [0.15, 0.2) is 24.3 Å². The van der Waals surface area contributed by atoms with E-state index in [1.807, 2.05) is 19.1 Å². The monoisotopic (exact) mass is 414 g/mol. The van der Waals surface area contributed by atoms with Crippen LogP contribution in [0.3, 0.4) is 0 Å². The summed E-state index contributed by atoms with van der Waals surface area (Å²) in [6.07, 6.45) is 5.98. The number of hydrogen-bond acceptors (Lipinski definition) is 5. The second kappa shape index (κ2) is 8.93. The van der Waals surface area contributed by atoms with Crippen molar-refractivity contribution in [3.8, 4) is 11.5 Å². The third kappa shape index (κ3) is 4.77. The molecule has 4 atom stereocenters. The van der Waals surface area contributed by atoms with E-state index in [4.69, 9.17) is 14.2 Å². The maximum Gasteiger partial charge on any atom is 0.308 e. The molecule has 1 aliphatic heterocycles. The third-order valence-corrected chi connectivity index (χ3v) is 6.36. The van der Waals surface area contributed by atoms with Crippen LogP contribution in [0.25, 0.3) is 0 Å². The van der Waals surface area contributed by atoms with Crippen LogP contribution in [-0.2, 0) is 20.7 Å². The van der Waals surface area contributed by atoms with Gasteiger partial charge in [-0.3, -0.25) is 9.59 Å². The van der Waals surface area contributed by atoms with E-state index >= 15 is 0 Å². The molecule has 0 amide bonds. The predicted octanol–water partition coefficient (Wildman–Crippen LogP) is 5.50. The lowest BCUT2D eigenvalue weighted by molar-refractivity contribution is -0.132. The van der Waals surface area contributed by atoms with Crippen LogP contribution in [0.1, 0.15) is 83.8 Å². The largest absolute Gasteiger partial charge is 0.426 e. The molecule has 5 nitrogen and oxygen atoms in total. The van der Waals surface area contributed by atoms with Gasteiger partial charge in [-0.2, -0.15) is 0 Å². The van der Waals surface area contributed by atoms with E-state index in [2.05, 4.69) is 20.4 Å². The first-order valence-electron chi connectivity index (χ1n) is 11.0. The number of unbranched alkanes of at least 4 members (excludes halogenated alkanes) is 2. The highest BCUT2D eigenvalue weighted by molar-refractivity contribution is 5.73. The topological polar surface area (TPSA) is 65.1 Å². The van der Waals surface area contributed by atoms with Gasteiger partial charge in [0.1, 0.15) is 11.5 Å². The summed E-state index contributed by atoms with van der Waals surface area (Å²) in [5.74, 6) is 0.262. The van der Waals surface area contributed by atoms with E-state index in [9.17, 15) is 9.59 Å². The van der Waals surface area contributed by atoms with Gasteiger partial charge in [-0.25, -0.2) is 0 Å². The number of fused-ring (bicyclic) bond motifs is 1. The number of carbonyl (C=O) groups is 2. The molecule has 3 rings (SSSR count). The van der Waals surface area contributed by atoms with Crippen LogP contribution in [0, 0.1) is 5.92 Å². The van der Waals surface area contributed by atoms with Gasteiger partial charge in [0.15, 0.2) is 0 Å². The number of allylic oxidation sites excluding steroid dienone is 1. The molecule has 0 spiro atoms. The minimum absolute atomic E-state index is 0.0116. The second-order valence-corrected chi connectivity index (χ2v) is 9.02. The SMILES string of the molecule is C=C(C)[C@H]1CC[C@@]2(C)O[C@H]2[C@@H]1c1c(OC(C)=O)cc(CCCCC)cc1OC(C)=O. The van der Waals surface area contributed by atoms with Gasteiger partial charge < -0.3 is 14.2 Å². The molecule has 0 bridgehead atoms. The lowest BCUT2D eigenvalue weighted by atomic mass is 9.69. The molecule has 1 aromatic carbocycles. The Morgan fingerprint density at radius 2 is 1.73 bits per heavy atom. The zero-order valence-electron chi connectivity index (χ0n) is 18.9. The van der Waals surface area contributed by atoms with Crippen molar-refractivity contribution in [2.45, 2.75) is 90.8 Å². The maximum atomic E-state index is 11.9. The fourth-order valence-electron chi connectivity index (χ4n) is 4.83. The van der Waals surface area contributed by atoms with Crippen molar-refractivity contribution in [3.05, 3.63) is 35.4 Å². The highest BCUT2D eigenvalue weighted by atomic mass is 16.6. The Hall–Kier alpha value is -2.14. The fraction of sp³-hybridized carbons (Fsp3) is 0.600. The number of benzene rings is 1. The van der Waals surface area contributed by atoms with E-state index in [-0.39, 0.29) is 23.5 Å². The fourth-order valence-corrected chi connectivity index (χ4v) is 4.83. The van der Waals surface area contributed by atoms with E-state index < -0.39 is 11.9 Å². The molecular weight excluding hydrogens is 380 g/mol. The highest BCUT2D eigenvalue weighted by Crippen LogP contribution is 2.60. The Labute approximate surface area is 179 Å². The number of ether oxygens (including phenoxy) is 3. The minimum Gasteiger partial charge on any atom is -0.426 e. The van der Waals surface area contributed by atoms with Crippen molar-refractivity contribution in [3.63, 3.8) is 0 Å².